The number of ketones is 1. The van der Waals surface area contributed by atoms with E-state index in [1.165, 1.54) is 6.92 Å². The van der Waals surface area contributed by atoms with Crippen molar-refractivity contribution in [3.8, 4) is 0 Å². The lowest BCUT2D eigenvalue weighted by Gasteiger charge is -2.09. The van der Waals surface area contributed by atoms with Crippen LogP contribution in [0.5, 0.6) is 0 Å². The van der Waals surface area contributed by atoms with Gasteiger partial charge in [-0.15, -0.1) is 0 Å². The first-order valence-electron chi connectivity index (χ1n) is 5.02. The third-order valence-corrected chi connectivity index (χ3v) is 2.41. The molecule has 0 bridgehead atoms. The molecule has 0 fully saturated rings. The number of rotatable bonds is 4. The molecule has 1 rings (SSSR count). The smallest absolute Gasteiger partial charge is 0.316 e. The van der Waals surface area contributed by atoms with Crippen LogP contribution in [-0.4, -0.2) is 18.4 Å². The van der Waals surface area contributed by atoms with Gasteiger partial charge in [-0.05, 0) is 38.1 Å². The average Bonchev–Trinajstić information content (AvgIpc) is 2.28. The lowest BCUT2D eigenvalue weighted by atomic mass is 10.00. The number of Topliss-reactive ketones (excluding diaryl/α,β-unsaturated/α-hetero) is 1. The molecule has 0 saturated carbocycles. The van der Waals surface area contributed by atoms with Gasteiger partial charge in [-0.2, -0.15) is 0 Å². The SMILES string of the molecule is CCOC(=O)[C@H](C)C(=O)c1ccc(Cl)cc1. The minimum Gasteiger partial charge on any atom is -0.465 e. The van der Waals surface area contributed by atoms with Crippen molar-refractivity contribution in [1.82, 2.24) is 0 Å². The number of esters is 1. The van der Waals surface area contributed by atoms with E-state index >= 15 is 0 Å². The van der Waals surface area contributed by atoms with E-state index in [1.807, 2.05) is 0 Å². The van der Waals surface area contributed by atoms with Crippen LogP contribution in [0.4, 0.5) is 0 Å². The Labute approximate surface area is 99.4 Å². The molecule has 0 aromatic heterocycles. The number of benzene rings is 1. The largest absolute Gasteiger partial charge is 0.465 e. The highest BCUT2D eigenvalue weighted by molar-refractivity contribution is 6.30. The molecule has 0 unspecified atom stereocenters. The second-order valence-corrected chi connectivity index (χ2v) is 3.78. The Morgan fingerprint density at radius 3 is 2.38 bits per heavy atom. The lowest BCUT2D eigenvalue weighted by Crippen LogP contribution is -2.23. The van der Waals surface area contributed by atoms with Crippen molar-refractivity contribution < 1.29 is 14.3 Å². The van der Waals surface area contributed by atoms with Crippen LogP contribution in [0.2, 0.25) is 5.02 Å². The predicted molar refractivity (Wildman–Crippen MR) is 61.6 cm³/mol. The molecule has 0 saturated heterocycles. The molecule has 1 aromatic carbocycles. The molecule has 16 heavy (non-hydrogen) atoms. The zero-order valence-electron chi connectivity index (χ0n) is 9.20. The van der Waals surface area contributed by atoms with E-state index < -0.39 is 11.9 Å². The van der Waals surface area contributed by atoms with Crippen molar-refractivity contribution in [3.05, 3.63) is 34.9 Å². The quantitative estimate of drug-likeness (QED) is 0.462. The number of carbonyl (C=O) groups excluding carboxylic acids is 2. The number of carbonyl (C=O) groups is 2. The van der Waals surface area contributed by atoms with Gasteiger partial charge in [0.15, 0.2) is 5.78 Å². The molecule has 1 aromatic rings. The first kappa shape index (κ1) is 12.7. The molecule has 1 atom stereocenters. The third kappa shape index (κ3) is 3.07. The molecule has 0 aliphatic rings. The number of ether oxygens (including phenoxy) is 1. The summed E-state index contributed by atoms with van der Waals surface area (Å²) in [4.78, 5) is 23.2. The second-order valence-electron chi connectivity index (χ2n) is 3.34. The van der Waals surface area contributed by atoms with Gasteiger partial charge in [0, 0.05) is 10.6 Å². The maximum atomic E-state index is 11.8. The van der Waals surface area contributed by atoms with Crippen LogP contribution in [0.15, 0.2) is 24.3 Å². The van der Waals surface area contributed by atoms with Crippen LogP contribution >= 0.6 is 11.6 Å². The number of halogens is 1. The summed E-state index contributed by atoms with van der Waals surface area (Å²) in [6.45, 7) is 3.52. The normalized spacial score (nSPS) is 11.9. The van der Waals surface area contributed by atoms with E-state index in [0.29, 0.717) is 10.6 Å². The molecule has 3 nitrogen and oxygen atoms in total. The first-order chi connectivity index (χ1) is 7.56. The highest BCUT2D eigenvalue weighted by Gasteiger charge is 2.23. The van der Waals surface area contributed by atoms with Gasteiger partial charge in [0.2, 0.25) is 0 Å². The summed E-state index contributed by atoms with van der Waals surface area (Å²) in [5, 5.41) is 0.556. The summed E-state index contributed by atoms with van der Waals surface area (Å²) < 4.78 is 4.78. The Morgan fingerprint density at radius 2 is 1.88 bits per heavy atom. The Morgan fingerprint density at radius 1 is 1.31 bits per heavy atom. The van der Waals surface area contributed by atoms with Crippen LogP contribution in [0.1, 0.15) is 24.2 Å². The number of hydrogen-bond acceptors (Lipinski definition) is 3. The van der Waals surface area contributed by atoms with Gasteiger partial charge in [-0.3, -0.25) is 9.59 Å². The summed E-state index contributed by atoms with van der Waals surface area (Å²) in [6.07, 6.45) is 0. The Kier molecular flexibility index (Phi) is 4.50. The maximum Gasteiger partial charge on any atom is 0.316 e. The Bertz CT molecular complexity index is 384. The fraction of sp³-hybridized carbons (Fsp3) is 0.333. The standard InChI is InChI=1S/C12H13ClO3/c1-3-16-12(15)8(2)11(14)9-4-6-10(13)7-5-9/h4-8H,3H2,1-2H3/t8-/m1/s1. The van der Waals surface area contributed by atoms with Gasteiger partial charge in [-0.1, -0.05) is 11.6 Å². The Hall–Kier alpha value is -1.35. The molecule has 0 spiro atoms. The molecular weight excluding hydrogens is 228 g/mol. The molecule has 0 aliphatic carbocycles. The van der Waals surface area contributed by atoms with Gasteiger partial charge >= 0.3 is 5.97 Å². The van der Waals surface area contributed by atoms with E-state index in [2.05, 4.69) is 0 Å². The van der Waals surface area contributed by atoms with Gasteiger partial charge in [-0.25, -0.2) is 0 Å². The van der Waals surface area contributed by atoms with Gasteiger partial charge < -0.3 is 4.74 Å². The fourth-order valence-electron chi connectivity index (χ4n) is 1.24. The monoisotopic (exact) mass is 240 g/mol. The molecule has 0 amide bonds. The summed E-state index contributed by atoms with van der Waals surface area (Å²) in [7, 11) is 0. The van der Waals surface area contributed by atoms with Crippen molar-refractivity contribution in [2.75, 3.05) is 6.61 Å². The summed E-state index contributed by atoms with van der Waals surface area (Å²) in [5.41, 5.74) is 0.463. The van der Waals surface area contributed by atoms with Gasteiger partial charge in [0.05, 0.1) is 6.61 Å². The van der Waals surface area contributed by atoms with Crippen molar-refractivity contribution in [1.29, 1.82) is 0 Å². The van der Waals surface area contributed by atoms with Crippen LogP contribution in [0, 0.1) is 5.92 Å². The van der Waals surface area contributed by atoms with Crippen LogP contribution < -0.4 is 0 Å². The van der Waals surface area contributed by atoms with Gasteiger partial charge in [0.25, 0.3) is 0 Å². The summed E-state index contributed by atoms with van der Waals surface area (Å²) >= 11 is 5.71. The molecular formula is C12H13ClO3. The van der Waals surface area contributed by atoms with Crippen molar-refractivity contribution >= 4 is 23.4 Å². The topological polar surface area (TPSA) is 43.4 Å². The van der Waals surface area contributed by atoms with E-state index in [9.17, 15) is 9.59 Å². The Balaban J connectivity index is 2.78. The van der Waals surface area contributed by atoms with E-state index in [0.717, 1.165) is 0 Å². The van der Waals surface area contributed by atoms with Crippen LogP contribution in [0.25, 0.3) is 0 Å². The van der Waals surface area contributed by atoms with E-state index in [1.54, 1.807) is 31.2 Å². The highest BCUT2D eigenvalue weighted by Crippen LogP contribution is 2.14. The van der Waals surface area contributed by atoms with Crippen molar-refractivity contribution in [3.63, 3.8) is 0 Å². The highest BCUT2D eigenvalue weighted by atomic mass is 35.5. The first-order valence-corrected chi connectivity index (χ1v) is 5.40. The van der Waals surface area contributed by atoms with Crippen molar-refractivity contribution in [2.45, 2.75) is 13.8 Å². The zero-order chi connectivity index (χ0) is 12.1. The van der Waals surface area contributed by atoms with Crippen LogP contribution in [0.3, 0.4) is 0 Å². The molecule has 0 aliphatic heterocycles. The lowest BCUT2D eigenvalue weighted by molar-refractivity contribution is -0.145. The molecule has 0 heterocycles. The maximum absolute atomic E-state index is 11.8. The minimum absolute atomic E-state index is 0.255. The summed E-state index contributed by atoms with van der Waals surface area (Å²) in [5.74, 6) is -1.53. The molecule has 0 radical (unpaired) electrons. The number of hydrogen-bond donors (Lipinski definition) is 0. The average molecular weight is 241 g/mol. The summed E-state index contributed by atoms with van der Waals surface area (Å²) in [6, 6.07) is 6.43. The molecule has 0 N–H and O–H groups in total. The zero-order valence-corrected chi connectivity index (χ0v) is 9.95. The van der Waals surface area contributed by atoms with Gasteiger partial charge in [0.1, 0.15) is 5.92 Å². The van der Waals surface area contributed by atoms with Crippen molar-refractivity contribution in [2.24, 2.45) is 5.92 Å². The van der Waals surface area contributed by atoms with E-state index in [-0.39, 0.29) is 12.4 Å². The second kappa shape index (κ2) is 5.66. The third-order valence-electron chi connectivity index (χ3n) is 2.16. The van der Waals surface area contributed by atoms with E-state index in [4.69, 9.17) is 16.3 Å². The van der Waals surface area contributed by atoms with Crippen LogP contribution in [-0.2, 0) is 9.53 Å². The molecule has 86 valence electrons. The molecule has 4 heteroatoms. The fourth-order valence-corrected chi connectivity index (χ4v) is 1.36. The minimum atomic E-state index is -0.777. The predicted octanol–water partition coefficient (Wildman–Crippen LogP) is 2.72.